The van der Waals surface area contributed by atoms with Crippen LogP contribution in [0.3, 0.4) is 0 Å². The molecule has 0 spiro atoms. The average molecular weight is 447 g/mol. The molecule has 1 amide bonds. The highest BCUT2D eigenvalue weighted by Gasteiger charge is 2.18. The third kappa shape index (κ3) is 6.11. The van der Waals surface area contributed by atoms with Gasteiger partial charge in [0.15, 0.2) is 0 Å². The molecule has 0 saturated heterocycles. The molecule has 1 N–H and O–H groups in total. The highest BCUT2D eigenvalue weighted by Crippen LogP contribution is 2.27. The maximum atomic E-state index is 12.6. The number of aromatic nitrogens is 2. The monoisotopic (exact) mass is 446 g/mol. The summed E-state index contributed by atoms with van der Waals surface area (Å²) in [6.07, 6.45) is 3.44. The summed E-state index contributed by atoms with van der Waals surface area (Å²) in [6, 6.07) is 16.4. The van der Waals surface area contributed by atoms with Crippen molar-refractivity contribution in [3.63, 3.8) is 0 Å². The van der Waals surface area contributed by atoms with Gasteiger partial charge in [0.05, 0.1) is 25.4 Å². The van der Waals surface area contributed by atoms with Crippen molar-refractivity contribution in [3.8, 4) is 5.75 Å². The number of methoxy groups -OCH3 is 1. The number of carbonyl (C=O) groups excluding carboxylic acids is 1. The summed E-state index contributed by atoms with van der Waals surface area (Å²) in [5.74, 6) is 0.676. The lowest BCUT2D eigenvalue weighted by Gasteiger charge is -2.26. The zero-order chi connectivity index (χ0) is 24.0. The zero-order valence-electron chi connectivity index (χ0n) is 20.4. The van der Waals surface area contributed by atoms with Gasteiger partial charge in [-0.2, -0.15) is 5.10 Å². The number of rotatable bonds is 9. The van der Waals surface area contributed by atoms with E-state index < -0.39 is 0 Å². The number of nitrogens with one attached hydrogen (secondary N) is 1. The molecule has 0 bridgehead atoms. The number of ether oxygens (including phenoxy) is 1. The molecule has 0 aliphatic rings. The molecule has 6 nitrogen and oxygen atoms in total. The molecule has 2 aromatic carbocycles. The molecule has 0 fully saturated rings. The molecule has 1 aromatic heterocycles. The first kappa shape index (κ1) is 24.3. The lowest BCUT2D eigenvalue weighted by atomic mass is 10.0. The van der Waals surface area contributed by atoms with Crippen LogP contribution in [0.25, 0.3) is 6.08 Å². The SMILES string of the molecule is COc1ccccc1C(CNC(=O)/C=C/c1c(C)nn(Cc2ccc(C)cc2)c1C)N(C)C. The third-order valence-corrected chi connectivity index (χ3v) is 5.88. The molecular weight excluding hydrogens is 412 g/mol. The smallest absolute Gasteiger partial charge is 0.244 e. The highest BCUT2D eigenvalue weighted by atomic mass is 16.5. The minimum atomic E-state index is -0.137. The van der Waals surface area contributed by atoms with Gasteiger partial charge in [0.25, 0.3) is 0 Å². The van der Waals surface area contributed by atoms with Crippen molar-refractivity contribution >= 4 is 12.0 Å². The fourth-order valence-electron chi connectivity index (χ4n) is 3.90. The van der Waals surface area contributed by atoms with Crippen LogP contribution in [0.5, 0.6) is 5.75 Å². The number of hydrogen-bond acceptors (Lipinski definition) is 4. The van der Waals surface area contributed by atoms with E-state index in [-0.39, 0.29) is 11.9 Å². The summed E-state index contributed by atoms with van der Waals surface area (Å²) in [7, 11) is 5.65. The number of aryl methyl sites for hydroxylation is 2. The van der Waals surface area contributed by atoms with Crippen molar-refractivity contribution in [1.29, 1.82) is 0 Å². The van der Waals surface area contributed by atoms with E-state index >= 15 is 0 Å². The van der Waals surface area contributed by atoms with E-state index in [1.165, 1.54) is 11.1 Å². The Morgan fingerprint density at radius 3 is 2.48 bits per heavy atom. The van der Waals surface area contributed by atoms with Crippen LogP contribution in [-0.4, -0.2) is 48.3 Å². The lowest BCUT2D eigenvalue weighted by molar-refractivity contribution is -0.116. The van der Waals surface area contributed by atoms with Crippen LogP contribution in [-0.2, 0) is 11.3 Å². The maximum absolute atomic E-state index is 12.6. The number of carbonyl (C=O) groups is 1. The van der Waals surface area contributed by atoms with Crippen molar-refractivity contribution in [3.05, 3.63) is 88.2 Å². The van der Waals surface area contributed by atoms with Crippen LogP contribution in [0, 0.1) is 20.8 Å². The predicted octanol–water partition coefficient (Wildman–Crippen LogP) is 4.30. The van der Waals surface area contributed by atoms with Crippen molar-refractivity contribution in [1.82, 2.24) is 20.0 Å². The second-order valence-corrected chi connectivity index (χ2v) is 8.53. The van der Waals surface area contributed by atoms with Crippen LogP contribution in [0.2, 0.25) is 0 Å². The Kier molecular flexibility index (Phi) is 8.06. The molecule has 174 valence electrons. The zero-order valence-corrected chi connectivity index (χ0v) is 20.4. The van der Waals surface area contributed by atoms with Crippen molar-refractivity contribution in [2.24, 2.45) is 0 Å². The molecule has 0 saturated carbocycles. The van der Waals surface area contributed by atoms with Crippen molar-refractivity contribution in [2.45, 2.75) is 33.4 Å². The Balaban J connectivity index is 1.67. The number of amides is 1. The van der Waals surface area contributed by atoms with E-state index in [2.05, 4.69) is 46.5 Å². The Morgan fingerprint density at radius 1 is 1.12 bits per heavy atom. The van der Waals surface area contributed by atoms with Gasteiger partial charge in [0.2, 0.25) is 5.91 Å². The number of para-hydroxylation sites is 1. The minimum absolute atomic E-state index is 0.000712. The van der Waals surface area contributed by atoms with Gasteiger partial charge in [-0.25, -0.2) is 0 Å². The molecule has 6 heteroatoms. The highest BCUT2D eigenvalue weighted by molar-refractivity contribution is 5.92. The molecule has 3 aromatic rings. The number of hydrogen-bond donors (Lipinski definition) is 1. The van der Waals surface area contributed by atoms with E-state index in [0.717, 1.165) is 28.3 Å². The van der Waals surface area contributed by atoms with Gasteiger partial charge in [0.1, 0.15) is 5.75 Å². The Labute approximate surface area is 196 Å². The summed E-state index contributed by atoms with van der Waals surface area (Å²) in [6.45, 7) is 7.27. The van der Waals surface area contributed by atoms with Gasteiger partial charge in [-0.3, -0.25) is 9.48 Å². The summed E-state index contributed by atoms with van der Waals surface area (Å²) >= 11 is 0. The third-order valence-electron chi connectivity index (χ3n) is 5.88. The second kappa shape index (κ2) is 11.0. The maximum Gasteiger partial charge on any atom is 0.244 e. The molecule has 1 atom stereocenters. The summed E-state index contributed by atoms with van der Waals surface area (Å²) in [5, 5.41) is 7.70. The summed E-state index contributed by atoms with van der Waals surface area (Å²) in [5.41, 5.74) is 6.40. The van der Waals surface area contributed by atoms with Gasteiger partial charge < -0.3 is 15.0 Å². The quantitative estimate of drug-likeness (QED) is 0.498. The fourth-order valence-corrected chi connectivity index (χ4v) is 3.90. The normalized spacial score (nSPS) is 12.3. The number of benzene rings is 2. The van der Waals surface area contributed by atoms with Crippen LogP contribution in [0.4, 0.5) is 0 Å². The lowest BCUT2D eigenvalue weighted by Crippen LogP contribution is -2.34. The second-order valence-electron chi connectivity index (χ2n) is 8.53. The van der Waals surface area contributed by atoms with E-state index in [4.69, 9.17) is 4.74 Å². The first-order valence-electron chi connectivity index (χ1n) is 11.1. The topological polar surface area (TPSA) is 59.4 Å². The van der Waals surface area contributed by atoms with Gasteiger partial charge in [-0.1, -0.05) is 48.0 Å². The van der Waals surface area contributed by atoms with Crippen molar-refractivity contribution in [2.75, 3.05) is 27.7 Å². The van der Waals surface area contributed by atoms with Crippen LogP contribution in [0.1, 0.15) is 39.7 Å². The standard InChI is InChI=1S/C27H34N4O2/c1-19-11-13-22(14-12-19)18-31-21(3)23(20(2)29-31)15-16-27(32)28-17-25(30(4)5)24-9-7-8-10-26(24)33-6/h7-16,25H,17-18H2,1-6H3,(H,28,32)/b16-15+. The van der Waals surface area contributed by atoms with Crippen LogP contribution < -0.4 is 10.1 Å². The van der Waals surface area contributed by atoms with Gasteiger partial charge in [0, 0.05) is 29.4 Å². The molecule has 0 radical (unpaired) electrons. The van der Waals surface area contributed by atoms with Gasteiger partial charge >= 0.3 is 0 Å². The largest absolute Gasteiger partial charge is 0.496 e. The molecule has 1 unspecified atom stereocenters. The molecule has 1 heterocycles. The number of likely N-dealkylation sites (N-methyl/N-ethyl adjacent to an activating group) is 1. The molecule has 3 rings (SSSR count). The predicted molar refractivity (Wildman–Crippen MR) is 133 cm³/mol. The van der Waals surface area contributed by atoms with E-state index in [0.29, 0.717) is 13.1 Å². The van der Waals surface area contributed by atoms with E-state index in [1.54, 1.807) is 13.2 Å². The van der Waals surface area contributed by atoms with Gasteiger partial charge in [-0.15, -0.1) is 0 Å². The van der Waals surface area contributed by atoms with Crippen LogP contribution >= 0.6 is 0 Å². The average Bonchev–Trinajstić information content (AvgIpc) is 3.06. The van der Waals surface area contributed by atoms with E-state index in [1.807, 2.05) is 63.0 Å². The summed E-state index contributed by atoms with van der Waals surface area (Å²) in [4.78, 5) is 14.7. The fraction of sp³-hybridized carbons (Fsp3) is 0.333. The molecule has 0 aliphatic carbocycles. The Bertz CT molecular complexity index is 1110. The molecule has 33 heavy (non-hydrogen) atoms. The van der Waals surface area contributed by atoms with E-state index in [9.17, 15) is 4.79 Å². The Morgan fingerprint density at radius 2 is 1.82 bits per heavy atom. The first-order valence-corrected chi connectivity index (χ1v) is 11.1. The molecule has 0 aliphatic heterocycles. The number of nitrogens with zero attached hydrogens (tertiary/aromatic N) is 3. The summed E-state index contributed by atoms with van der Waals surface area (Å²) < 4.78 is 7.49. The minimum Gasteiger partial charge on any atom is -0.496 e. The Hall–Kier alpha value is -3.38. The first-order chi connectivity index (χ1) is 15.8. The van der Waals surface area contributed by atoms with Crippen molar-refractivity contribution < 1.29 is 9.53 Å². The van der Waals surface area contributed by atoms with Gasteiger partial charge in [-0.05, 0) is 52.6 Å². The molecular formula is C27H34N4O2. The van der Waals surface area contributed by atoms with Crippen LogP contribution in [0.15, 0.2) is 54.6 Å².